The molecule has 0 bridgehead atoms. The molecule has 0 saturated carbocycles. The first-order valence-electron chi connectivity index (χ1n) is 5.29. The molecule has 1 aromatic heterocycles. The monoisotopic (exact) mass is 217 g/mol. The van der Waals surface area contributed by atoms with Crippen LogP contribution in [0.2, 0.25) is 0 Å². The van der Waals surface area contributed by atoms with Crippen LogP contribution in [-0.2, 0) is 6.54 Å². The third-order valence-corrected chi connectivity index (χ3v) is 2.45. The Kier molecular flexibility index (Phi) is 3.01. The minimum atomic E-state index is -0.563. The summed E-state index contributed by atoms with van der Waals surface area (Å²) in [7, 11) is 0. The smallest absolute Gasteiger partial charge is 0.111 e. The minimum absolute atomic E-state index is 0.563. The molecule has 2 rings (SSSR count). The van der Waals surface area contributed by atoms with Gasteiger partial charge in [-0.2, -0.15) is 0 Å². The molecule has 0 saturated heterocycles. The van der Waals surface area contributed by atoms with Crippen LogP contribution >= 0.6 is 0 Å². The summed E-state index contributed by atoms with van der Waals surface area (Å²) in [4.78, 5) is 0. The van der Waals surface area contributed by atoms with Gasteiger partial charge in [-0.3, -0.25) is 0 Å². The zero-order chi connectivity index (χ0) is 11.5. The van der Waals surface area contributed by atoms with Crippen molar-refractivity contribution < 1.29 is 5.11 Å². The second-order valence-corrected chi connectivity index (χ2v) is 4.00. The molecule has 1 heterocycles. The summed E-state index contributed by atoms with van der Waals surface area (Å²) >= 11 is 0. The molecule has 0 aliphatic heterocycles. The van der Waals surface area contributed by atoms with Crippen molar-refractivity contribution in [1.29, 1.82) is 0 Å². The van der Waals surface area contributed by atoms with Crippen LogP contribution in [0.25, 0.3) is 0 Å². The molecule has 16 heavy (non-hydrogen) atoms. The van der Waals surface area contributed by atoms with E-state index in [9.17, 15) is 5.11 Å². The van der Waals surface area contributed by atoms with Crippen LogP contribution in [0.5, 0.6) is 0 Å². The second kappa shape index (κ2) is 4.45. The van der Waals surface area contributed by atoms with Crippen molar-refractivity contribution in [2.45, 2.75) is 26.5 Å². The summed E-state index contributed by atoms with van der Waals surface area (Å²) in [5.74, 6) is 0. The molecule has 1 N–H and O–H groups in total. The van der Waals surface area contributed by atoms with Gasteiger partial charge in [0.1, 0.15) is 5.69 Å². The van der Waals surface area contributed by atoms with Crippen molar-refractivity contribution in [2.75, 3.05) is 0 Å². The van der Waals surface area contributed by atoms with Gasteiger partial charge in [0.15, 0.2) is 0 Å². The fourth-order valence-corrected chi connectivity index (χ4v) is 1.46. The lowest BCUT2D eigenvalue weighted by molar-refractivity contribution is 0.194. The van der Waals surface area contributed by atoms with Gasteiger partial charge in [-0.25, -0.2) is 4.68 Å². The molecule has 0 aliphatic rings. The lowest BCUT2D eigenvalue weighted by Crippen LogP contribution is -2.00. The maximum atomic E-state index is 9.32. The lowest BCUT2D eigenvalue weighted by atomic mass is 10.1. The predicted molar refractivity (Wildman–Crippen MR) is 60.9 cm³/mol. The Bertz CT molecular complexity index is 459. The summed E-state index contributed by atoms with van der Waals surface area (Å²) in [6.07, 6.45) is 1.21. The van der Waals surface area contributed by atoms with Crippen molar-refractivity contribution >= 4 is 0 Å². The topological polar surface area (TPSA) is 50.9 Å². The van der Waals surface area contributed by atoms with Crippen LogP contribution in [0, 0.1) is 6.92 Å². The minimum Gasteiger partial charge on any atom is -0.387 e. The van der Waals surface area contributed by atoms with E-state index in [1.165, 1.54) is 11.1 Å². The van der Waals surface area contributed by atoms with Gasteiger partial charge in [-0.05, 0) is 19.4 Å². The quantitative estimate of drug-likeness (QED) is 0.851. The highest BCUT2D eigenvalue weighted by Gasteiger charge is 2.06. The Hall–Kier alpha value is -1.68. The van der Waals surface area contributed by atoms with Gasteiger partial charge < -0.3 is 5.11 Å². The molecule has 0 aliphatic carbocycles. The number of aryl methyl sites for hydroxylation is 1. The van der Waals surface area contributed by atoms with Gasteiger partial charge in [-0.15, -0.1) is 5.10 Å². The predicted octanol–water partition coefficient (Wildman–Crippen LogP) is 1.69. The van der Waals surface area contributed by atoms with E-state index in [1.807, 2.05) is 0 Å². The SMILES string of the molecule is Cc1ccc(Cn2cc([C@@H](C)O)nn2)cc1. The summed E-state index contributed by atoms with van der Waals surface area (Å²) in [6, 6.07) is 8.28. The molecule has 1 atom stereocenters. The fourth-order valence-electron chi connectivity index (χ4n) is 1.46. The average Bonchev–Trinajstić information content (AvgIpc) is 2.70. The van der Waals surface area contributed by atoms with E-state index >= 15 is 0 Å². The molecule has 0 spiro atoms. The molecule has 4 nitrogen and oxygen atoms in total. The molecule has 0 unspecified atom stereocenters. The van der Waals surface area contributed by atoms with Crippen LogP contribution in [0.4, 0.5) is 0 Å². The molecular formula is C12H15N3O. The average molecular weight is 217 g/mol. The standard InChI is InChI=1S/C12H15N3O/c1-9-3-5-11(6-4-9)7-15-8-12(10(2)16)13-14-15/h3-6,8,10,16H,7H2,1-2H3/t10-/m1/s1. The second-order valence-electron chi connectivity index (χ2n) is 4.00. The number of rotatable bonds is 3. The van der Waals surface area contributed by atoms with E-state index < -0.39 is 6.10 Å². The van der Waals surface area contributed by atoms with Gasteiger partial charge in [0.05, 0.1) is 18.8 Å². The van der Waals surface area contributed by atoms with Crippen molar-refractivity contribution in [3.8, 4) is 0 Å². The zero-order valence-electron chi connectivity index (χ0n) is 9.46. The van der Waals surface area contributed by atoms with Crippen molar-refractivity contribution in [2.24, 2.45) is 0 Å². The number of aromatic nitrogens is 3. The molecule has 2 aromatic rings. The van der Waals surface area contributed by atoms with Crippen LogP contribution < -0.4 is 0 Å². The molecule has 0 fully saturated rings. The molecular weight excluding hydrogens is 202 g/mol. The largest absolute Gasteiger partial charge is 0.387 e. The number of benzene rings is 1. The first-order chi connectivity index (χ1) is 7.65. The summed E-state index contributed by atoms with van der Waals surface area (Å²) < 4.78 is 1.73. The van der Waals surface area contributed by atoms with Crippen LogP contribution in [0.3, 0.4) is 0 Å². The van der Waals surface area contributed by atoms with E-state index in [-0.39, 0.29) is 0 Å². The van der Waals surface area contributed by atoms with Gasteiger partial charge in [0.25, 0.3) is 0 Å². The maximum Gasteiger partial charge on any atom is 0.111 e. The summed E-state index contributed by atoms with van der Waals surface area (Å²) in [6.45, 7) is 4.42. The van der Waals surface area contributed by atoms with E-state index in [4.69, 9.17) is 0 Å². The van der Waals surface area contributed by atoms with Crippen molar-refractivity contribution in [1.82, 2.24) is 15.0 Å². The Morgan fingerprint density at radius 2 is 2.00 bits per heavy atom. The molecule has 0 radical (unpaired) electrons. The van der Waals surface area contributed by atoms with E-state index in [0.29, 0.717) is 12.2 Å². The normalized spacial score (nSPS) is 12.7. The summed E-state index contributed by atoms with van der Waals surface area (Å²) in [5.41, 5.74) is 3.02. The third-order valence-electron chi connectivity index (χ3n) is 2.45. The Morgan fingerprint density at radius 1 is 1.31 bits per heavy atom. The van der Waals surface area contributed by atoms with Crippen LogP contribution in [0.15, 0.2) is 30.5 Å². The van der Waals surface area contributed by atoms with Gasteiger partial charge >= 0.3 is 0 Å². The van der Waals surface area contributed by atoms with E-state index in [2.05, 4.69) is 41.5 Å². The number of aliphatic hydroxyl groups is 1. The Balaban J connectivity index is 2.11. The molecule has 84 valence electrons. The third kappa shape index (κ3) is 2.46. The first-order valence-corrected chi connectivity index (χ1v) is 5.29. The van der Waals surface area contributed by atoms with Crippen LogP contribution in [-0.4, -0.2) is 20.1 Å². The highest BCUT2D eigenvalue weighted by Crippen LogP contribution is 2.09. The number of aliphatic hydroxyl groups excluding tert-OH is 1. The van der Waals surface area contributed by atoms with E-state index in [1.54, 1.807) is 17.8 Å². The van der Waals surface area contributed by atoms with Crippen molar-refractivity contribution in [3.05, 3.63) is 47.3 Å². The number of hydrogen-bond acceptors (Lipinski definition) is 3. The lowest BCUT2D eigenvalue weighted by Gasteiger charge is -2.01. The molecule has 4 heteroatoms. The van der Waals surface area contributed by atoms with Gasteiger partial charge in [0, 0.05) is 0 Å². The highest BCUT2D eigenvalue weighted by atomic mass is 16.3. The number of nitrogens with zero attached hydrogens (tertiary/aromatic N) is 3. The van der Waals surface area contributed by atoms with Crippen molar-refractivity contribution in [3.63, 3.8) is 0 Å². The summed E-state index contributed by atoms with van der Waals surface area (Å²) in [5, 5.41) is 17.2. The number of hydrogen-bond donors (Lipinski definition) is 1. The zero-order valence-corrected chi connectivity index (χ0v) is 9.46. The Labute approximate surface area is 94.5 Å². The maximum absolute atomic E-state index is 9.32. The van der Waals surface area contributed by atoms with Gasteiger partial charge in [-0.1, -0.05) is 35.0 Å². The first kappa shape index (κ1) is 10.8. The van der Waals surface area contributed by atoms with Crippen LogP contribution in [0.1, 0.15) is 29.8 Å². The van der Waals surface area contributed by atoms with E-state index in [0.717, 1.165) is 0 Å². The Morgan fingerprint density at radius 3 is 2.56 bits per heavy atom. The molecule has 0 amide bonds. The molecule has 1 aromatic carbocycles. The van der Waals surface area contributed by atoms with Gasteiger partial charge in [0.2, 0.25) is 0 Å². The highest BCUT2D eigenvalue weighted by molar-refractivity contribution is 5.21. The fraction of sp³-hybridized carbons (Fsp3) is 0.333.